The van der Waals surface area contributed by atoms with Crippen molar-refractivity contribution in [3.8, 4) is 5.75 Å². The fourth-order valence-corrected chi connectivity index (χ4v) is 5.24. The number of likely N-dealkylation sites (N-methyl/N-ethyl adjacent to an activating group) is 1. The Balaban J connectivity index is 2.69. The molecule has 0 saturated heterocycles. The molecule has 2 rings (SSSR count). The largest absolute Gasteiger partial charge is 0.497 e. The van der Waals surface area contributed by atoms with Crippen molar-refractivity contribution in [3.63, 3.8) is 0 Å². The van der Waals surface area contributed by atoms with E-state index in [9.17, 15) is 4.57 Å². The number of fused-ring (bicyclic) bond motifs is 1. The number of nitrogens with zero attached hydrogens (tertiary/aromatic N) is 2. The van der Waals surface area contributed by atoms with Crippen LogP contribution < -0.4 is 4.74 Å². The smallest absolute Gasteiger partial charge is 0.440 e. The molecule has 0 bridgehead atoms. The summed E-state index contributed by atoms with van der Waals surface area (Å²) < 4.78 is 33.3. The molecule has 0 unspecified atom stereocenters. The highest BCUT2D eigenvalue weighted by Gasteiger charge is 2.38. The summed E-state index contributed by atoms with van der Waals surface area (Å²) in [4.78, 5) is 2.13. The van der Waals surface area contributed by atoms with E-state index in [-0.39, 0.29) is 0 Å². The quantitative estimate of drug-likeness (QED) is 0.577. The molecule has 158 valence electrons. The highest BCUT2D eigenvalue weighted by molar-refractivity contribution is 7.52. The Morgan fingerprint density at radius 3 is 2.07 bits per heavy atom. The molecule has 0 fully saturated rings. The third-order valence-corrected chi connectivity index (χ3v) is 6.36. The molecule has 28 heavy (non-hydrogen) atoms. The lowest BCUT2D eigenvalue weighted by molar-refractivity contribution is 0.0454. The highest BCUT2D eigenvalue weighted by Crippen LogP contribution is 2.57. The number of methoxy groups -OCH3 is 1. The van der Waals surface area contributed by atoms with Gasteiger partial charge in [-0.05, 0) is 79.8 Å². The molecule has 2 aromatic rings. The number of rotatable bonds is 7. The number of hydrogen-bond acceptors (Lipinski definition) is 5. The number of benzene rings is 1. The molecular formula is C21H35N2O4P. The molecule has 0 N–H and O–H groups in total. The predicted molar refractivity (Wildman–Crippen MR) is 115 cm³/mol. The molecule has 1 heterocycles. The van der Waals surface area contributed by atoms with Gasteiger partial charge in [0.05, 0.1) is 23.8 Å². The van der Waals surface area contributed by atoms with Gasteiger partial charge in [-0.3, -0.25) is 13.4 Å². The van der Waals surface area contributed by atoms with Crippen LogP contribution in [0.1, 0.15) is 47.1 Å². The molecule has 0 atom stereocenters. The topological polar surface area (TPSA) is 52.9 Å². The Kier molecular flexibility index (Phi) is 6.72. The second-order valence-electron chi connectivity index (χ2n) is 9.31. The first-order valence-electron chi connectivity index (χ1n) is 9.59. The van der Waals surface area contributed by atoms with E-state index in [0.29, 0.717) is 5.75 Å². The maximum absolute atomic E-state index is 14.1. The molecule has 0 saturated carbocycles. The van der Waals surface area contributed by atoms with E-state index in [1.54, 1.807) is 11.4 Å². The van der Waals surface area contributed by atoms with Gasteiger partial charge < -0.3 is 9.64 Å². The molecule has 1 aromatic heterocycles. The van der Waals surface area contributed by atoms with Gasteiger partial charge in [0.2, 0.25) is 0 Å². The first-order chi connectivity index (χ1) is 12.7. The van der Waals surface area contributed by atoms with Crippen molar-refractivity contribution < 1.29 is 18.3 Å². The van der Waals surface area contributed by atoms with Crippen molar-refractivity contribution in [1.29, 1.82) is 0 Å². The molecule has 0 aliphatic heterocycles. The van der Waals surface area contributed by atoms with E-state index >= 15 is 0 Å². The Labute approximate surface area is 169 Å². The van der Waals surface area contributed by atoms with Gasteiger partial charge in [-0.25, -0.2) is 4.57 Å². The summed E-state index contributed by atoms with van der Waals surface area (Å²) in [5.41, 5.74) is 0.603. The average Bonchev–Trinajstić information content (AvgIpc) is 2.87. The van der Waals surface area contributed by atoms with Crippen LogP contribution in [-0.4, -0.2) is 48.2 Å². The zero-order valence-electron chi connectivity index (χ0n) is 18.7. The molecule has 6 nitrogen and oxygen atoms in total. The monoisotopic (exact) mass is 410 g/mol. The number of ether oxygens (including phenoxy) is 1. The lowest BCUT2D eigenvalue weighted by Gasteiger charge is -2.32. The number of hydrogen-bond donors (Lipinski definition) is 0. The van der Waals surface area contributed by atoms with Crippen molar-refractivity contribution in [2.75, 3.05) is 27.7 Å². The van der Waals surface area contributed by atoms with Gasteiger partial charge in [0.25, 0.3) is 0 Å². The van der Waals surface area contributed by atoms with E-state index < -0.39 is 18.9 Å². The Bertz CT molecular complexity index is 840. The van der Waals surface area contributed by atoms with Crippen LogP contribution in [0.3, 0.4) is 0 Å². The standard InChI is InChI=1S/C21H35N2O4P/c1-20(2,3)26-28(24,27-21(4,5)6)23-15-16(12-13-22(7)8)18-11-10-17(25-9)14-19(18)23/h10-11,14-15H,12-13H2,1-9H3. The van der Waals surface area contributed by atoms with E-state index in [1.807, 2.05) is 80.0 Å². The number of aromatic nitrogens is 1. The summed E-state index contributed by atoms with van der Waals surface area (Å²) in [6.45, 7) is 12.2. The Hall–Kier alpha value is -1.33. The molecule has 0 radical (unpaired) electrons. The minimum atomic E-state index is -3.67. The lowest BCUT2D eigenvalue weighted by Crippen LogP contribution is -2.26. The summed E-state index contributed by atoms with van der Waals surface area (Å²) in [6, 6.07) is 5.82. The van der Waals surface area contributed by atoms with Gasteiger partial charge in [0.1, 0.15) is 5.75 Å². The van der Waals surface area contributed by atoms with Gasteiger partial charge in [0.15, 0.2) is 0 Å². The summed E-state index contributed by atoms with van der Waals surface area (Å²) in [5.74, 6) is 0.698. The molecular weight excluding hydrogens is 375 g/mol. The van der Waals surface area contributed by atoms with Crippen LogP contribution in [-0.2, 0) is 20.0 Å². The minimum Gasteiger partial charge on any atom is -0.497 e. The molecule has 0 aliphatic rings. The van der Waals surface area contributed by atoms with Gasteiger partial charge in [-0.1, -0.05) is 0 Å². The van der Waals surface area contributed by atoms with Crippen LogP contribution in [0, 0.1) is 0 Å². The maximum atomic E-state index is 14.1. The van der Waals surface area contributed by atoms with Crippen LogP contribution in [0.25, 0.3) is 10.9 Å². The van der Waals surface area contributed by atoms with Crippen molar-refractivity contribution in [2.24, 2.45) is 0 Å². The van der Waals surface area contributed by atoms with E-state index in [2.05, 4.69) is 4.90 Å². The maximum Gasteiger partial charge on any atom is 0.440 e. The van der Waals surface area contributed by atoms with Crippen molar-refractivity contribution in [2.45, 2.75) is 59.2 Å². The molecule has 0 spiro atoms. The van der Waals surface area contributed by atoms with Crippen LogP contribution >= 0.6 is 7.75 Å². The summed E-state index contributed by atoms with van der Waals surface area (Å²) in [6.07, 6.45) is 2.74. The fourth-order valence-electron chi connectivity index (χ4n) is 2.93. The first-order valence-corrected chi connectivity index (χ1v) is 11.1. The zero-order valence-corrected chi connectivity index (χ0v) is 19.6. The third-order valence-electron chi connectivity index (χ3n) is 3.95. The molecule has 0 aliphatic carbocycles. The molecule has 7 heteroatoms. The minimum absolute atomic E-state index is 0.639. The molecule has 0 amide bonds. The Morgan fingerprint density at radius 1 is 1.04 bits per heavy atom. The molecule has 1 aromatic carbocycles. The van der Waals surface area contributed by atoms with Crippen molar-refractivity contribution in [1.82, 2.24) is 9.24 Å². The van der Waals surface area contributed by atoms with E-state index in [4.69, 9.17) is 13.8 Å². The second kappa shape index (κ2) is 8.19. The van der Waals surface area contributed by atoms with Gasteiger partial charge in [-0.15, -0.1) is 0 Å². The van der Waals surface area contributed by atoms with Crippen LogP contribution in [0.5, 0.6) is 5.75 Å². The summed E-state index contributed by atoms with van der Waals surface area (Å²) in [7, 11) is 2.03. The van der Waals surface area contributed by atoms with Gasteiger partial charge in [0, 0.05) is 24.2 Å². The normalized spacial score (nSPS) is 13.5. The van der Waals surface area contributed by atoms with Crippen LogP contribution in [0.4, 0.5) is 0 Å². The van der Waals surface area contributed by atoms with Gasteiger partial charge >= 0.3 is 7.75 Å². The van der Waals surface area contributed by atoms with E-state index in [1.165, 1.54) is 0 Å². The van der Waals surface area contributed by atoms with Crippen molar-refractivity contribution in [3.05, 3.63) is 30.0 Å². The average molecular weight is 410 g/mol. The first kappa shape index (κ1) is 23.0. The fraction of sp³-hybridized carbons (Fsp3) is 0.619. The third kappa shape index (κ3) is 5.84. The summed E-state index contributed by atoms with van der Waals surface area (Å²) in [5, 5.41) is 1.03. The van der Waals surface area contributed by atoms with Crippen molar-refractivity contribution >= 4 is 18.6 Å². The predicted octanol–water partition coefficient (Wildman–Crippen LogP) is 5.34. The zero-order chi connectivity index (χ0) is 21.3. The SMILES string of the molecule is COc1ccc2c(CCN(C)C)cn(P(=O)(OC(C)(C)C)OC(C)(C)C)c2c1. The Morgan fingerprint density at radius 2 is 1.61 bits per heavy atom. The lowest BCUT2D eigenvalue weighted by atomic mass is 10.1. The van der Waals surface area contributed by atoms with Crippen LogP contribution in [0.2, 0.25) is 0 Å². The second-order valence-corrected chi connectivity index (χ2v) is 11.0. The van der Waals surface area contributed by atoms with Gasteiger partial charge in [-0.2, -0.15) is 0 Å². The van der Waals surface area contributed by atoms with E-state index in [0.717, 1.165) is 29.4 Å². The van der Waals surface area contributed by atoms with Crippen LogP contribution in [0.15, 0.2) is 24.4 Å². The highest BCUT2D eigenvalue weighted by atomic mass is 31.2. The summed E-state index contributed by atoms with van der Waals surface area (Å²) >= 11 is 0.